The molecule has 120 valence electrons. The monoisotopic (exact) mass is 299 g/mol. The first-order valence-electron chi connectivity index (χ1n) is 9.21. The van der Waals surface area contributed by atoms with Gasteiger partial charge in [-0.05, 0) is 98.8 Å². The second-order valence-electron chi connectivity index (χ2n) is 8.07. The molecule has 0 spiro atoms. The van der Waals surface area contributed by atoms with E-state index in [0.29, 0.717) is 5.41 Å². The normalized spacial score (nSPS) is 35.8. The van der Waals surface area contributed by atoms with E-state index in [2.05, 4.69) is 24.3 Å². The van der Waals surface area contributed by atoms with Crippen LogP contribution in [0.15, 0.2) is 24.3 Å². The SMILES string of the molecule is NCCCCOc1ccc(C23CC4CC(CC(C4)C2)C3)cc1. The van der Waals surface area contributed by atoms with Crippen molar-refractivity contribution in [2.75, 3.05) is 13.2 Å². The third-order valence-corrected chi connectivity index (χ3v) is 6.37. The molecule has 0 unspecified atom stereocenters. The molecule has 0 atom stereocenters. The van der Waals surface area contributed by atoms with E-state index in [0.717, 1.165) is 49.5 Å². The fourth-order valence-corrected chi connectivity index (χ4v) is 5.81. The Morgan fingerprint density at radius 3 is 2.05 bits per heavy atom. The molecule has 0 radical (unpaired) electrons. The van der Waals surface area contributed by atoms with Gasteiger partial charge in [0, 0.05) is 0 Å². The molecule has 4 fully saturated rings. The van der Waals surface area contributed by atoms with Gasteiger partial charge in [0.25, 0.3) is 0 Å². The average Bonchev–Trinajstić information content (AvgIpc) is 2.51. The number of unbranched alkanes of at least 4 members (excludes halogenated alkanes) is 1. The van der Waals surface area contributed by atoms with Gasteiger partial charge in [0.2, 0.25) is 0 Å². The highest BCUT2D eigenvalue weighted by molar-refractivity contribution is 5.34. The molecular weight excluding hydrogens is 270 g/mol. The highest BCUT2D eigenvalue weighted by Crippen LogP contribution is 2.60. The van der Waals surface area contributed by atoms with Gasteiger partial charge in [-0.25, -0.2) is 0 Å². The fourth-order valence-electron chi connectivity index (χ4n) is 5.81. The van der Waals surface area contributed by atoms with Crippen molar-refractivity contribution in [2.24, 2.45) is 23.5 Å². The molecule has 1 aromatic carbocycles. The Morgan fingerprint density at radius 2 is 1.50 bits per heavy atom. The van der Waals surface area contributed by atoms with Crippen LogP contribution < -0.4 is 10.5 Å². The van der Waals surface area contributed by atoms with E-state index in [1.165, 1.54) is 38.5 Å². The predicted octanol–water partition coefficient (Wildman–Crippen LogP) is 4.27. The van der Waals surface area contributed by atoms with E-state index in [9.17, 15) is 0 Å². The lowest BCUT2D eigenvalue weighted by Gasteiger charge is -2.57. The molecule has 4 saturated carbocycles. The summed E-state index contributed by atoms with van der Waals surface area (Å²) in [4.78, 5) is 0. The molecule has 2 N–H and O–H groups in total. The number of rotatable bonds is 6. The number of nitrogens with two attached hydrogens (primary N) is 1. The summed E-state index contributed by atoms with van der Waals surface area (Å²) in [5, 5.41) is 0. The minimum absolute atomic E-state index is 0.507. The van der Waals surface area contributed by atoms with Gasteiger partial charge in [-0.15, -0.1) is 0 Å². The lowest BCUT2D eigenvalue weighted by molar-refractivity contribution is -0.00520. The van der Waals surface area contributed by atoms with Crippen LogP contribution in [0.25, 0.3) is 0 Å². The smallest absolute Gasteiger partial charge is 0.119 e. The van der Waals surface area contributed by atoms with Crippen molar-refractivity contribution in [2.45, 2.75) is 56.8 Å². The largest absolute Gasteiger partial charge is 0.494 e. The summed E-state index contributed by atoms with van der Waals surface area (Å²) in [5.74, 6) is 4.06. The summed E-state index contributed by atoms with van der Waals surface area (Å²) >= 11 is 0. The molecule has 22 heavy (non-hydrogen) atoms. The first-order chi connectivity index (χ1) is 10.8. The maximum Gasteiger partial charge on any atom is 0.119 e. The third-order valence-electron chi connectivity index (χ3n) is 6.37. The van der Waals surface area contributed by atoms with Crippen LogP contribution in [-0.2, 0) is 5.41 Å². The second-order valence-corrected chi connectivity index (χ2v) is 8.07. The zero-order valence-electron chi connectivity index (χ0n) is 13.6. The van der Waals surface area contributed by atoms with Crippen LogP contribution in [0.1, 0.15) is 56.9 Å². The van der Waals surface area contributed by atoms with Gasteiger partial charge in [0.1, 0.15) is 5.75 Å². The van der Waals surface area contributed by atoms with Crippen LogP contribution in [-0.4, -0.2) is 13.2 Å². The van der Waals surface area contributed by atoms with Gasteiger partial charge in [0.15, 0.2) is 0 Å². The van der Waals surface area contributed by atoms with Gasteiger partial charge in [0.05, 0.1) is 6.61 Å². The maximum atomic E-state index is 5.83. The van der Waals surface area contributed by atoms with Gasteiger partial charge in [-0.1, -0.05) is 12.1 Å². The quantitative estimate of drug-likeness (QED) is 0.796. The van der Waals surface area contributed by atoms with Gasteiger partial charge < -0.3 is 10.5 Å². The highest BCUT2D eigenvalue weighted by Gasteiger charge is 2.51. The van der Waals surface area contributed by atoms with Crippen molar-refractivity contribution in [3.8, 4) is 5.75 Å². The summed E-state index contributed by atoms with van der Waals surface area (Å²) in [6.07, 6.45) is 11.0. The number of benzene rings is 1. The summed E-state index contributed by atoms with van der Waals surface area (Å²) in [5.41, 5.74) is 7.61. The van der Waals surface area contributed by atoms with E-state index >= 15 is 0 Å². The lowest BCUT2D eigenvalue weighted by atomic mass is 9.48. The van der Waals surface area contributed by atoms with Crippen molar-refractivity contribution in [3.63, 3.8) is 0 Å². The van der Waals surface area contributed by atoms with Crippen molar-refractivity contribution in [1.29, 1.82) is 0 Å². The molecule has 0 aliphatic heterocycles. The van der Waals surface area contributed by atoms with Crippen LogP contribution in [0.2, 0.25) is 0 Å². The molecule has 4 aliphatic rings. The topological polar surface area (TPSA) is 35.2 Å². The summed E-state index contributed by atoms with van der Waals surface area (Å²) in [6.45, 7) is 1.54. The van der Waals surface area contributed by atoms with E-state index in [1.54, 1.807) is 5.56 Å². The van der Waals surface area contributed by atoms with Gasteiger partial charge >= 0.3 is 0 Å². The summed E-state index contributed by atoms with van der Waals surface area (Å²) < 4.78 is 5.83. The second kappa shape index (κ2) is 5.88. The molecule has 0 saturated heterocycles. The molecular formula is C20H29NO. The number of hydrogen-bond acceptors (Lipinski definition) is 2. The van der Waals surface area contributed by atoms with Crippen LogP contribution >= 0.6 is 0 Å². The Bertz CT molecular complexity index is 472. The van der Waals surface area contributed by atoms with Crippen LogP contribution in [0.5, 0.6) is 5.75 Å². The Hall–Kier alpha value is -1.02. The Balaban J connectivity index is 1.44. The van der Waals surface area contributed by atoms with E-state index in [-0.39, 0.29) is 0 Å². The zero-order chi connectivity index (χ0) is 15.0. The minimum Gasteiger partial charge on any atom is -0.494 e. The molecule has 2 heteroatoms. The first kappa shape index (κ1) is 14.6. The molecule has 4 aliphatic carbocycles. The molecule has 0 aromatic heterocycles. The molecule has 5 rings (SSSR count). The molecule has 4 bridgehead atoms. The van der Waals surface area contributed by atoms with Crippen LogP contribution in [0.4, 0.5) is 0 Å². The summed E-state index contributed by atoms with van der Waals surface area (Å²) in [7, 11) is 0. The Kier molecular flexibility index (Phi) is 3.89. The molecule has 2 nitrogen and oxygen atoms in total. The van der Waals surface area contributed by atoms with Crippen molar-refractivity contribution in [3.05, 3.63) is 29.8 Å². The predicted molar refractivity (Wildman–Crippen MR) is 90.1 cm³/mol. The Morgan fingerprint density at radius 1 is 0.909 bits per heavy atom. The molecule has 0 amide bonds. The van der Waals surface area contributed by atoms with Crippen molar-refractivity contribution >= 4 is 0 Å². The van der Waals surface area contributed by atoms with Crippen molar-refractivity contribution in [1.82, 2.24) is 0 Å². The molecule has 1 aromatic rings. The highest BCUT2D eigenvalue weighted by atomic mass is 16.5. The van der Waals surface area contributed by atoms with E-state index in [1.807, 2.05) is 0 Å². The average molecular weight is 299 g/mol. The first-order valence-corrected chi connectivity index (χ1v) is 9.21. The Labute approximate surface area is 134 Å². The van der Waals surface area contributed by atoms with Crippen molar-refractivity contribution < 1.29 is 4.74 Å². The fraction of sp³-hybridized carbons (Fsp3) is 0.700. The maximum absolute atomic E-state index is 5.83. The minimum atomic E-state index is 0.507. The van der Waals surface area contributed by atoms with Crippen LogP contribution in [0.3, 0.4) is 0 Å². The number of hydrogen-bond donors (Lipinski definition) is 1. The standard InChI is InChI=1S/C20H29NO/c21-7-1-2-8-22-19-5-3-18(4-6-19)20-12-15-9-16(13-20)11-17(10-15)14-20/h3-6,15-17H,1-2,7-14,21H2. The third kappa shape index (κ3) is 2.67. The van der Waals surface area contributed by atoms with Gasteiger partial charge in [-0.2, -0.15) is 0 Å². The van der Waals surface area contributed by atoms with E-state index in [4.69, 9.17) is 10.5 Å². The zero-order valence-corrected chi connectivity index (χ0v) is 13.6. The molecule has 0 heterocycles. The van der Waals surface area contributed by atoms with Gasteiger partial charge in [-0.3, -0.25) is 0 Å². The lowest BCUT2D eigenvalue weighted by Crippen LogP contribution is -2.48. The summed E-state index contributed by atoms with van der Waals surface area (Å²) in [6, 6.07) is 9.09. The number of ether oxygens (including phenoxy) is 1. The van der Waals surface area contributed by atoms with E-state index < -0.39 is 0 Å². The van der Waals surface area contributed by atoms with Crippen LogP contribution in [0, 0.1) is 17.8 Å².